The fraction of sp³-hybridized carbons (Fsp3) is 0.538. The van der Waals surface area contributed by atoms with E-state index in [0.717, 1.165) is 31.6 Å². The summed E-state index contributed by atoms with van der Waals surface area (Å²) in [6, 6.07) is 9.86. The van der Waals surface area contributed by atoms with Gasteiger partial charge in [0.25, 0.3) is 0 Å². The van der Waals surface area contributed by atoms with Crippen molar-refractivity contribution in [2.45, 2.75) is 25.0 Å². The third-order valence-corrected chi connectivity index (χ3v) is 2.86. The molecule has 88 valence electrons. The van der Waals surface area contributed by atoms with Gasteiger partial charge in [-0.2, -0.15) is 0 Å². The van der Waals surface area contributed by atoms with Gasteiger partial charge in [-0.25, -0.2) is 0 Å². The molecule has 1 fully saturated rings. The molecule has 0 radical (unpaired) electrons. The second kappa shape index (κ2) is 5.99. The maximum atomic E-state index is 9.35. The molecule has 0 amide bonds. The van der Waals surface area contributed by atoms with Crippen LogP contribution >= 0.6 is 0 Å². The van der Waals surface area contributed by atoms with Crippen LogP contribution in [-0.4, -0.2) is 31.0 Å². The molecule has 1 atom stereocenters. The van der Waals surface area contributed by atoms with Gasteiger partial charge < -0.3 is 14.6 Å². The van der Waals surface area contributed by atoms with Crippen LogP contribution in [0, 0.1) is 0 Å². The number of benzene rings is 1. The molecule has 2 rings (SSSR count). The lowest BCUT2D eigenvalue weighted by Gasteiger charge is -2.27. The van der Waals surface area contributed by atoms with Crippen molar-refractivity contribution < 1.29 is 14.6 Å². The van der Waals surface area contributed by atoms with Crippen molar-refractivity contribution in [1.82, 2.24) is 0 Å². The summed E-state index contributed by atoms with van der Waals surface area (Å²) in [5.74, 6) is 0. The molecule has 1 heterocycles. The Labute approximate surface area is 96.0 Å². The van der Waals surface area contributed by atoms with Crippen molar-refractivity contribution >= 4 is 0 Å². The van der Waals surface area contributed by atoms with Gasteiger partial charge in [0.15, 0.2) is 0 Å². The highest BCUT2D eigenvalue weighted by Gasteiger charge is 2.19. The van der Waals surface area contributed by atoms with E-state index in [1.165, 1.54) is 0 Å². The normalized spacial score (nSPS) is 19.6. The molecule has 3 heteroatoms. The molecule has 16 heavy (non-hydrogen) atoms. The van der Waals surface area contributed by atoms with Crippen molar-refractivity contribution in [3.05, 3.63) is 35.9 Å². The molecular formula is C13H18O3. The summed E-state index contributed by atoms with van der Waals surface area (Å²) in [5, 5.41) is 9.35. The Morgan fingerprint density at radius 1 is 1.25 bits per heavy atom. The zero-order valence-electron chi connectivity index (χ0n) is 9.34. The van der Waals surface area contributed by atoms with Gasteiger partial charge in [0.2, 0.25) is 0 Å². The first-order valence-corrected chi connectivity index (χ1v) is 5.79. The van der Waals surface area contributed by atoms with E-state index in [2.05, 4.69) is 0 Å². The zero-order chi connectivity index (χ0) is 11.2. The van der Waals surface area contributed by atoms with Crippen molar-refractivity contribution in [1.29, 1.82) is 0 Å². The predicted octanol–water partition coefficient (Wildman–Crippen LogP) is 1.92. The van der Waals surface area contributed by atoms with E-state index >= 15 is 0 Å². The molecule has 3 nitrogen and oxygen atoms in total. The molecule has 0 spiro atoms. The van der Waals surface area contributed by atoms with Crippen molar-refractivity contribution in [3.63, 3.8) is 0 Å². The molecule has 0 aromatic heterocycles. The zero-order valence-corrected chi connectivity index (χ0v) is 9.34. The van der Waals surface area contributed by atoms with Gasteiger partial charge >= 0.3 is 0 Å². The van der Waals surface area contributed by atoms with Gasteiger partial charge in [0.05, 0.1) is 12.7 Å². The largest absolute Gasteiger partial charge is 0.393 e. The second-order valence-electron chi connectivity index (χ2n) is 4.03. The Balaban J connectivity index is 1.94. The molecule has 1 aliphatic rings. The molecule has 0 saturated carbocycles. The summed E-state index contributed by atoms with van der Waals surface area (Å²) >= 11 is 0. The molecule has 0 bridgehead atoms. The molecule has 1 aromatic rings. The van der Waals surface area contributed by atoms with Crippen molar-refractivity contribution in [3.8, 4) is 0 Å². The third kappa shape index (κ3) is 3.04. The lowest BCUT2D eigenvalue weighted by molar-refractivity contribution is -0.0848. The Morgan fingerprint density at radius 2 is 1.94 bits per heavy atom. The third-order valence-electron chi connectivity index (χ3n) is 2.86. The molecule has 0 aliphatic carbocycles. The van der Waals surface area contributed by atoms with Crippen molar-refractivity contribution in [2.24, 2.45) is 0 Å². The lowest BCUT2D eigenvalue weighted by atomic mass is 10.1. The molecule has 1 aliphatic heterocycles. The molecule has 1 aromatic carbocycles. The number of rotatable bonds is 4. The fourth-order valence-electron chi connectivity index (χ4n) is 1.94. The molecule has 1 N–H and O–H groups in total. The summed E-state index contributed by atoms with van der Waals surface area (Å²) in [6.07, 6.45) is 1.85. The monoisotopic (exact) mass is 222 g/mol. The summed E-state index contributed by atoms with van der Waals surface area (Å²) in [5.41, 5.74) is 1.04. The van der Waals surface area contributed by atoms with E-state index in [4.69, 9.17) is 9.47 Å². The van der Waals surface area contributed by atoms with Gasteiger partial charge in [0.1, 0.15) is 6.10 Å². The van der Waals surface area contributed by atoms with Gasteiger partial charge in [-0.3, -0.25) is 0 Å². The second-order valence-corrected chi connectivity index (χ2v) is 4.03. The highest BCUT2D eigenvalue weighted by atomic mass is 16.5. The summed E-state index contributed by atoms with van der Waals surface area (Å²) in [6.45, 7) is 1.55. The first-order valence-electron chi connectivity index (χ1n) is 5.79. The topological polar surface area (TPSA) is 38.7 Å². The first kappa shape index (κ1) is 11.6. The van der Waals surface area contributed by atoms with E-state index in [-0.39, 0.29) is 18.8 Å². The van der Waals surface area contributed by atoms with Gasteiger partial charge in [-0.05, 0) is 18.4 Å². The summed E-state index contributed by atoms with van der Waals surface area (Å²) < 4.78 is 11.2. The number of hydrogen-bond donors (Lipinski definition) is 1. The Hall–Kier alpha value is -0.900. The molecule has 1 saturated heterocycles. The van der Waals surface area contributed by atoms with E-state index in [0.29, 0.717) is 0 Å². The van der Waals surface area contributed by atoms with Crippen LogP contribution in [0.25, 0.3) is 0 Å². The Bertz CT molecular complexity index is 293. The predicted molar refractivity (Wildman–Crippen MR) is 61.2 cm³/mol. The van der Waals surface area contributed by atoms with Gasteiger partial charge in [-0.15, -0.1) is 0 Å². The summed E-state index contributed by atoms with van der Waals surface area (Å²) in [4.78, 5) is 0. The fourth-order valence-corrected chi connectivity index (χ4v) is 1.94. The first-order chi connectivity index (χ1) is 7.90. The van der Waals surface area contributed by atoms with Crippen LogP contribution < -0.4 is 0 Å². The standard InChI is InChI=1S/C13H18O3/c14-10-13(11-4-2-1-3-5-11)16-12-6-8-15-9-7-12/h1-5,12-14H,6-10H2/t13-/m0/s1. The Kier molecular flexibility index (Phi) is 4.34. The highest BCUT2D eigenvalue weighted by molar-refractivity contribution is 5.17. The number of ether oxygens (including phenoxy) is 2. The number of hydrogen-bond acceptors (Lipinski definition) is 3. The van der Waals surface area contributed by atoms with Gasteiger partial charge in [-0.1, -0.05) is 30.3 Å². The minimum absolute atomic E-state index is 0.0291. The van der Waals surface area contributed by atoms with Crippen LogP contribution in [0.15, 0.2) is 30.3 Å². The maximum Gasteiger partial charge on any atom is 0.106 e. The van der Waals surface area contributed by atoms with E-state index in [1.54, 1.807) is 0 Å². The van der Waals surface area contributed by atoms with Gasteiger partial charge in [0, 0.05) is 13.2 Å². The van der Waals surface area contributed by atoms with Crippen LogP contribution in [0.5, 0.6) is 0 Å². The number of aliphatic hydroxyl groups excluding tert-OH is 1. The van der Waals surface area contributed by atoms with E-state index in [1.807, 2.05) is 30.3 Å². The van der Waals surface area contributed by atoms with Crippen LogP contribution in [0.3, 0.4) is 0 Å². The van der Waals surface area contributed by atoms with Crippen LogP contribution in [-0.2, 0) is 9.47 Å². The quantitative estimate of drug-likeness (QED) is 0.845. The minimum atomic E-state index is -0.204. The molecule has 0 unspecified atom stereocenters. The SMILES string of the molecule is OC[C@H](OC1CCOCC1)c1ccccc1. The van der Waals surface area contributed by atoms with Crippen LogP contribution in [0.2, 0.25) is 0 Å². The van der Waals surface area contributed by atoms with Crippen LogP contribution in [0.4, 0.5) is 0 Å². The minimum Gasteiger partial charge on any atom is -0.393 e. The van der Waals surface area contributed by atoms with E-state index in [9.17, 15) is 5.11 Å². The molecular weight excluding hydrogens is 204 g/mol. The average Bonchev–Trinajstić information content (AvgIpc) is 2.38. The smallest absolute Gasteiger partial charge is 0.106 e. The van der Waals surface area contributed by atoms with Crippen LogP contribution in [0.1, 0.15) is 24.5 Å². The maximum absolute atomic E-state index is 9.35. The van der Waals surface area contributed by atoms with E-state index < -0.39 is 0 Å². The lowest BCUT2D eigenvalue weighted by Crippen LogP contribution is -2.26. The summed E-state index contributed by atoms with van der Waals surface area (Å²) in [7, 11) is 0. The average molecular weight is 222 g/mol. The highest BCUT2D eigenvalue weighted by Crippen LogP contribution is 2.22. The Morgan fingerprint density at radius 3 is 2.56 bits per heavy atom. The number of aliphatic hydroxyl groups is 1. The van der Waals surface area contributed by atoms with Crippen molar-refractivity contribution in [2.75, 3.05) is 19.8 Å².